The highest BCUT2D eigenvalue weighted by molar-refractivity contribution is 7.86. The average Bonchev–Trinajstić information content (AvgIpc) is 2.95. The quantitative estimate of drug-likeness (QED) is 0.481. The molecule has 1 aromatic carbocycles. The second-order valence-electron chi connectivity index (χ2n) is 10.2. The monoisotopic (exact) mass is 550 g/mol. The summed E-state index contributed by atoms with van der Waals surface area (Å²) in [5.74, 6) is -0.415. The van der Waals surface area contributed by atoms with E-state index < -0.39 is 16.3 Å². The molecule has 1 atom stereocenters. The molecule has 0 bridgehead atoms. The molecule has 3 heterocycles. The molecule has 0 aliphatic carbocycles. The molecule has 0 unspecified atom stereocenters. The van der Waals surface area contributed by atoms with Gasteiger partial charge in [-0.05, 0) is 25.3 Å². The lowest BCUT2D eigenvalue weighted by Gasteiger charge is -2.38. The fourth-order valence-corrected chi connectivity index (χ4v) is 7.02. The summed E-state index contributed by atoms with van der Waals surface area (Å²) >= 11 is 0. The minimum absolute atomic E-state index is 0.0697. The number of carbonyl (C=O) groups excluding carboxylic acids is 2. The summed E-state index contributed by atoms with van der Waals surface area (Å²) in [6.07, 6.45) is 0.934. The van der Waals surface area contributed by atoms with Crippen LogP contribution in [0.2, 0.25) is 0 Å². The van der Waals surface area contributed by atoms with Crippen LogP contribution in [-0.4, -0.2) is 129 Å². The Morgan fingerprint density at radius 2 is 1.61 bits per heavy atom. The first-order valence-electron chi connectivity index (χ1n) is 13.8. The van der Waals surface area contributed by atoms with Crippen molar-refractivity contribution in [1.29, 1.82) is 0 Å². The number of piperazine rings is 2. The van der Waals surface area contributed by atoms with Gasteiger partial charge in [-0.1, -0.05) is 30.3 Å². The highest BCUT2D eigenvalue weighted by atomic mass is 32.2. The first kappa shape index (κ1) is 28.8. The summed E-state index contributed by atoms with van der Waals surface area (Å²) in [7, 11) is -3.68. The predicted molar refractivity (Wildman–Crippen MR) is 145 cm³/mol. The van der Waals surface area contributed by atoms with Crippen molar-refractivity contribution < 1.29 is 22.7 Å². The zero-order valence-corrected chi connectivity index (χ0v) is 23.3. The van der Waals surface area contributed by atoms with Gasteiger partial charge in [-0.2, -0.15) is 17.0 Å². The van der Waals surface area contributed by atoms with E-state index in [0.717, 1.165) is 39.3 Å². The van der Waals surface area contributed by atoms with Gasteiger partial charge in [0.15, 0.2) is 0 Å². The Morgan fingerprint density at radius 3 is 2.29 bits per heavy atom. The molecular formula is C26H42N6O5S. The van der Waals surface area contributed by atoms with Crippen LogP contribution in [0.5, 0.6) is 0 Å². The second kappa shape index (κ2) is 13.7. The van der Waals surface area contributed by atoms with Crippen molar-refractivity contribution in [2.24, 2.45) is 5.92 Å². The van der Waals surface area contributed by atoms with Crippen LogP contribution in [-0.2, 0) is 26.3 Å². The normalized spacial score (nSPS) is 22.8. The lowest BCUT2D eigenvalue weighted by Crippen LogP contribution is -2.56. The fraction of sp³-hybridized carbons (Fsp3) is 0.692. The van der Waals surface area contributed by atoms with Crippen molar-refractivity contribution in [2.45, 2.75) is 26.3 Å². The van der Waals surface area contributed by atoms with Crippen LogP contribution < -0.4 is 5.32 Å². The Balaban J connectivity index is 1.16. The second-order valence-corrected chi connectivity index (χ2v) is 12.1. The van der Waals surface area contributed by atoms with Gasteiger partial charge in [0, 0.05) is 85.1 Å². The van der Waals surface area contributed by atoms with E-state index >= 15 is 0 Å². The maximum absolute atomic E-state index is 13.2. The molecule has 0 spiro atoms. The molecule has 0 radical (unpaired) electrons. The van der Waals surface area contributed by atoms with Crippen LogP contribution in [0.15, 0.2) is 30.3 Å². The smallest absolute Gasteiger partial charge is 0.409 e. The number of benzene rings is 1. The third-order valence-electron chi connectivity index (χ3n) is 7.61. The van der Waals surface area contributed by atoms with Crippen molar-refractivity contribution in [3.05, 3.63) is 35.9 Å². The molecule has 2 amide bonds. The van der Waals surface area contributed by atoms with Gasteiger partial charge in [0.25, 0.3) is 10.2 Å². The number of ether oxygens (including phenoxy) is 1. The highest BCUT2D eigenvalue weighted by Gasteiger charge is 2.37. The van der Waals surface area contributed by atoms with Crippen molar-refractivity contribution in [1.82, 2.24) is 28.6 Å². The molecular weight excluding hydrogens is 508 g/mol. The largest absolute Gasteiger partial charge is 0.450 e. The van der Waals surface area contributed by atoms with E-state index in [9.17, 15) is 18.0 Å². The lowest BCUT2D eigenvalue weighted by atomic mass is 9.99. The Hall–Kier alpha value is -2.25. The first-order valence-corrected chi connectivity index (χ1v) is 15.2. The summed E-state index contributed by atoms with van der Waals surface area (Å²) in [5.41, 5.74) is 1.33. The van der Waals surface area contributed by atoms with Crippen molar-refractivity contribution in [2.75, 3.05) is 85.1 Å². The van der Waals surface area contributed by atoms with E-state index in [1.165, 1.54) is 19.1 Å². The van der Waals surface area contributed by atoms with Gasteiger partial charge in [0.05, 0.1) is 12.5 Å². The maximum atomic E-state index is 13.2. The molecule has 3 aliphatic heterocycles. The van der Waals surface area contributed by atoms with E-state index in [4.69, 9.17) is 4.74 Å². The van der Waals surface area contributed by atoms with Gasteiger partial charge in [0.2, 0.25) is 5.91 Å². The van der Waals surface area contributed by atoms with Crippen LogP contribution in [0, 0.1) is 5.92 Å². The minimum Gasteiger partial charge on any atom is -0.450 e. The number of nitrogens with one attached hydrogen (secondary N) is 1. The molecule has 3 saturated heterocycles. The summed E-state index contributed by atoms with van der Waals surface area (Å²) in [6.45, 7) is 10.0. The van der Waals surface area contributed by atoms with Crippen LogP contribution in [0.3, 0.4) is 0 Å². The SMILES string of the molecule is CCOC(=O)N1CCN(S(=O)(=O)N2CCC[C@H](C(=O)NCCN3CCN(Cc4ccccc4)CC3)C2)CC1. The standard InChI is InChI=1S/C26H42N6O5S/c1-2-37-26(34)30-17-19-31(20-18-30)38(35,36)32-11-6-9-24(22-32)25(33)27-10-12-28-13-15-29(16-14-28)21-23-7-4-3-5-8-23/h3-5,7-8,24H,2,6,9-22H2,1H3,(H,27,33)/t24-/m0/s1. The van der Waals surface area contributed by atoms with Gasteiger partial charge in [-0.15, -0.1) is 0 Å². The number of hydrogen-bond donors (Lipinski definition) is 1. The average molecular weight is 551 g/mol. The van der Waals surface area contributed by atoms with Crippen LogP contribution in [0.1, 0.15) is 25.3 Å². The van der Waals surface area contributed by atoms with E-state index in [-0.39, 0.29) is 31.5 Å². The predicted octanol–water partition coefficient (Wildman–Crippen LogP) is 0.651. The molecule has 1 aromatic rings. The molecule has 0 saturated carbocycles. The molecule has 12 heteroatoms. The van der Waals surface area contributed by atoms with E-state index in [1.54, 1.807) is 6.92 Å². The summed E-state index contributed by atoms with van der Waals surface area (Å²) in [4.78, 5) is 31.2. The number of hydrogen-bond acceptors (Lipinski definition) is 7. The third-order valence-corrected chi connectivity index (χ3v) is 9.62. The molecule has 4 rings (SSSR count). The highest BCUT2D eigenvalue weighted by Crippen LogP contribution is 2.22. The van der Waals surface area contributed by atoms with E-state index in [0.29, 0.717) is 45.6 Å². The zero-order valence-electron chi connectivity index (χ0n) is 22.5. The van der Waals surface area contributed by atoms with Gasteiger partial charge in [0.1, 0.15) is 0 Å². The van der Waals surface area contributed by atoms with Gasteiger partial charge < -0.3 is 15.0 Å². The molecule has 1 N–H and O–H groups in total. The first-order chi connectivity index (χ1) is 18.4. The van der Waals surface area contributed by atoms with Gasteiger partial charge >= 0.3 is 6.09 Å². The third kappa shape index (κ3) is 7.66. The topological polar surface area (TPSA) is 106 Å². The van der Waals surface area contributed by atoms with E-state index in [1.807, 2.05) is 6.07 Å². The molecule has 0 aromatic heterocycles. The molecule has 3 aliphatic rings. The number of amides is 2. The van der Waals surface area contributed by atoms with Crippen LogP contribution >= 0.6 is 0 Å². The molecule has 11 nitrogen and oxygen atoms in total. The number of piperidine rings is 1. The van der Waals surface area contributed by atoms with Crippen LogP contribution in [0.4, 0.5) is 4.79 Å². The molecule has 3 fully saturated rings. The van der Waals surface area contributed by atoms with Gasteiger partial charge in [-0.25, -0.2) is 4.79 Å². The number of carbonyl (C=O) groups is 2. The van der Waals surface area contributed by atoms with Crippen molar-refractivity contribution >= 4 is 22.2 Å². The van der Waals surface area contributed by atoms with Crippen LogP contribution in [0.25, 0.3) is 0 Å². The minimum atomic E-state index is -3.68. The zero-order chi connectivity index (χ0) is 27.0. The van der Waals surface area contributed by atoms with E-state index in [2.05, 4.69) is 39.4 Å². The summed E-state index contributed by atoms with van der Waals surface area (Å²) < 4.78 is 34.4. The Morgan fingerprint density at radius 1 is 0.921 bits per heavy atom. The Labute approximate surface area is 226 Å². The molecule has 38 heavy (non-hydrogen) atoms. The summed E-state index contributed by atoms with van der Waals surface area (Å²) in [5, 5.41) is 3.05. The van der Waals surface area contributed by atoms with Gasteiger partial charge in [-0.3, -0.25) is 14.6 Å². The Kier molecular flexibility index (Phi) is 10.4. The van der Waals surface area contributed by atoms with Crippen molar-refractivity contribution in [3.8, 4) is 0 Å². The number of nitrogens with zero attached hydrogens (tertiary/aromatic N) is 5. The summed E-state index contributed by atoms with van der Waals surface area (Å²) in [6, 6.07) is 10.5. The molecule has 212 valence electrons. The fourth-order valence-electron chi connectivity index (χ4n) is 5.34. The van der Waals surface area contributed by atoms with Crippen molar-refractivity contribution in [3.63, 3.8) is 0 Å². The lowest BCUT2D eigenvalue weighted by molar-refractivity contribution is -0.126. The number of rotatable bonds is 9. The Bertz CT molecular complexity index is 1010. The maximum Gasteiger partial charge on any atom is 0.409 e.